The second kappa shape index (κ2) is 8.08. The Kier molecular flexibility index (Phi) is 6.42. The number of rotatable bonds is 7. The normalized spacial score (nSPS) is 18.9. The van der Waals surface area contributed by atoms with Gasteiger partial charge < -0.3 is 10.1 Å². The molecule has 1 N–H and O–H groups in total. The maximum Gasteiger partial charge on any atom is 0.137 e. The Morgan fingerprint density at radius 1 is 1.50 bits per heavy atom. The first-order chi connectivity index (χ1) is 9.69. The molecule has 1 aliphatic rings. The monoisotopic (exact) mass is 344 g/mol. The molecule has 1 saturated heterocycles. The lowest BCUT2D eigenvalue weighted by Gasteiger charge is -2.25. The van der Waals surface area contributed by atoms with Crippen LogP contribution < -0.4 is 5.32 Å². The van der Waals surface area contributed by atoms with Crippen molar-refractivity contribution in [2.45, 2.75) is 25.4 Å². The van der Waals surface area contributed by atoms with Gasteiger partial charge in [0.25, 0.3) is 0 Å². The number of nitrogens with one attached hydrogen (secondary N) is 1. The molecule has 5 heteroatoms. The summed E-state index contributed by atoms with van der Waals surface area (Å²) < 4.78 is 19.0. The van der Waals surface area contributed by atoms with Crippen molar-refractivity contribution in [1.82, 2.24) is 10.2 Å². The molecule has 0 amide bonds. The summed E-state index contributed by atoms with van der Waals surface area (Å²) in [6, 6.07) is 5.79. The van der Waals surface area contributed by atoms with E-state index in [1.54, 1.807) is 7.11 Å². The van der Waals surface area contributed by atoms with Crippen LogP contribution in [0.3, 0.4) is 0 Å². The third-order valence-corrected chi connectivity index (χ3v) is 4.25. The third-order valence-electron chi connectivity index (χ3n) is 3.64. The maximum atomic E-state index is 13.3. The van der Waals surface area contributed by atoms with Crippen LogP contribution in [0, 0.1) is 5.82 Å². The molecule has 0 spiro atoms. The molecule has 3 nitrogen and oxygen atoms in total. The minimum atomic E-state index is -0.213. The highest BCUT2D eigenvalue weighted by molar-refractivity contribution is 9.10. The first kappa shape index (κ1) is 15.9. The summed E-state index contributed by atoms with van der Waals surface area (Å²) in [6.07, 6.45) is 2.49. The van der Waals surface area contributed by atoms with Crippen LogP contribution in [0.15, 0.2) is 22.7 Å². The van der Waals surface area contributed by atoms with Crippen LogP contribution >= 0.6 is 15.9 Å². The van der Waals surface area contributed by atoms with Crippen LogP contribution in [0.1, 0.15) is 18.4 Å². The molecule has 20 heavy (non-hydrogen) atoms. The standard InChI is InChI=1S/C15H22BrFN2O/c1-20-8-7-19(11-13-3-2-6-18-13)10-12-4-5-15(17)14(16)9-12/h4-5,9,13,18H,2-3,6-8,10-11H2,1H3. The minimum absolute atomic E-state index is 0.213. The van der Waals surface area contributed by atoms with Crippen molar-refractivity contribution in [2.24, 2.45) is 0 Å². The fraction of sp³-hybridized carbons (Fsp3) is 0.600. The first-order valence-electron chi connectivity index (χ1n) is 7.07. The Bertz CT molecular complexity index is 424. The van der Waals surface area contributed by atoms with Crippen molar-refractivity contribution < 1.29 is 9.13 Å². The van der Waals surface area contributed by atoms with Gasteiger partial charge in [0, 0.05) is 32.8 Å². The van der Waals surface area contributed by atoms with Gasteiger partial charge in [-0.25, -0.2) is 4.39 Å². The molecule has 1 unspecified atom stereocenters. The maximum absolute atomic E-state index is 13.3. The molecule has 0 bridgehead atoms. The van der Waals surface area contributed by atoms with Crippen LogP contribution in [0.2, 0.25) is 0 Å². The highest BCUT2D eigenvalue weighted by atomic mass is 79.9. The molecule has 1 heterocycles. The molecule has 2 rings (SSSR count). The number of benzene rings is 1. The Labute approximate surface area is 128 Å². The quantitative estimate of drug-likeness (QED) is 0.823. The molecule has 0 aliphatic carbocycles. The topological polar surface area (TPSA) is 24.5 Å². The zero-order valence-electron chi connectivity index (χ0n) is 11.9. The van der Waals surface area contributed by atoms with E-state index in [-0.39, 0.29) is 5.82 Å². The highest BCUT2D eigenvalue weighted by Gasteiger charge is 2.18. The van der Waals surface area contributed by atoms with E-state index in [1.165, 1.54) is 18.9 Å². The van der Waals surface area contributed by atoms with E-state index in [4.69, 9.17) is 4.74 Å². The fourth-order valence-corrected chi connectivity index (χ4v) is 3.00. The molecule has 112 valence electrons. The number of hydrogen-bond acceptors (Lipinski definition) is 3. The van der Waals surface area contributed by atoms with Crippen LogP contribution in [0.5, 0.6) is 0 Å². The average Bonchev–Trinajstić information content (AvgIpc) is 2.93. The summed E-state index contributed by atoms with van der Waals surface area (Å²) in [7, 11) is 1.72. The Morgan fingerprint density at radius 2 is 2.35 bits per heavy atom. The Morgan fingerprint density at radius 3 is 3.00 bits per heavy atom. The van der Waals surface area contributed by atoms with Gasteiger partial charge in [0.15, 0.2) is 0 Å². The van der Waals surface area contributed by atoms with E-state index in [0.717, 1.165) is 38.3 Å². The average molecular weight is 345 g/mol. The van der Waals surface area contributed by atoms with E-state index in [2.05, 4.69) is 26.1 Å². The van der Waals surface area contributed by atoms with Crippen LogP contribution in [-0.4, -0.2) is 44.3 Å². The number of hydrogen-bond donors (Lipinski definition) is 1. The van der Waals surface area contributed by atoms with Gasteiger partial charge in [-0.2, -0.15) is 0 Å². The van der Waals surface area contributed by atoms with Crippen LogP contribution in [-0.2, 0) is 11.3 Å². The molecule has 0 saturated carbocycles. The van der Waals surface area contributed by atoms with E-state index >= 15 is 0 Å². The van der Waals surface area contributed by atoms with E-state index in [1.807, 2.05) is 12.1 Å². The molecule has 0 aromatic heterocycles. The van der Waals surface area contributed by atoms with Crippen molar-refractivity contribution in [3.8, 4) is 0 Å². The fourth-order valence-electron chi connectivity index (χ4n) is 2.58. The zero-order chi connectivity index (χ0) is 14.4. The van der Waals surface area contributed by atoms with Crippen LogP contribution in [0.4, 0.5) is 4.39 Å². The van der Waals surface area contributed by atoms with Crippen molar-refractivity contribution in [2.75, 3.05) is 33.4 Å². The highest BCUT2D eigenvalue weighted by Crippen LogP contribution is 2.18. The van der Waals surface area contributed by atoms with E-state index < -0.39 is 0 Å². The molecule has 1 aromatic rings. The van der Waals surface area contributed by atoms with Gasteiger partial charge >= 0.3 is 0 Å². The van der Waals surface area contributed by atoms with E-state index in [0.29, 0.717) is 10.5 Å². The third kappa shape index (κ3) is 4.81. The summed E-state index contributed by atoms with van der Waals surface area (Å²) in [5.41, 5.74) is 1.12. The van der Waals surface area contributed by atoms with Gasteiger partial charge in [-0.3, -0.25) is 4.90 Å². The summed E-state index contributed by atoms with van der Waals surface area (Å²) in [5.74, 6) is -0.213. The molecule has 1 aliphatic heterocycles. The summed E-state index contributed by atoms with van der Waals surface area (Å²) in [6.45, 7) is 4.56. The lowest BCUT2D eigenvalue weighted by molar-refractivity contribution is 0.138. The zero-order valence-corrected chi connectivity index (χ0v) is 13.5. The molecule has 1 fully saturated rings. The lowest BCUT2D eigenvalue weighted by atomic mass is 10.1. The van der Waals surface area contributed by atoms with Crippen molar-refractivity contribution in [3.05, 3.63) is 34.1 Å². The van der Waals surface area contributed by atoms with E-state index in [9.17, 15) is 4.39 Å². The molecule has 0 radical (unpaired) electrons. The number of methoxy groups -OCH3 is 1. The molecular formula is C15H22BrFN2O. The second-order valence-electron chi connectivity index (χ2n) is 5.27. The number of ether oxygens (including phenoxy) is 1. The predicted molar refractivity (Wildman–Crippen MR) is 82.3 cm³/mol. The van der Waals surface area contributed by atoms with Gasteiger partial charge in [0.2, 0.25) is 0 Å². The van der Waals surface area contributed by atoms with Gasteiger partial charge in [-0.15, -0.1) is 0 Å². The number of nitrogens with zero attached hydrogens (tertiary/aromatic N) is 1. The van der Waals surface area contributed by atoms with Crippen LogP contribution in [0.25, 0.3) is 0 Å². The molecule has 1 aromatic carbocycles. The van der Waals surface area contributed by atoms with Crippen molar-refractivity contribution >= 4 is 15.9 Å². The molecule has 1 atom stereocenters. The van der Waals surface area contributed by atoms with Gasteiger partial charge in [0.05, 0.1) is 11.1 Å². The second-order valence-corrected chi connectivity index (χ2v) is 6.12. The summed E-state index contributed by atoms with van der Waals surface area (Å²) in [5, 5.41) is 3.52. The molecular weight excluding hydrogens is 323 g/mol. The van der Waals surface area contributed by atoms with Crippen molar-refractivity contribution in [3.63, 3.8) is 0 Å². The number of halogens is 2. The first-order valence-corrected chi connectivity index (χ1v) is 7.87. The van der Waals surface area contributed by atoms with Gasteiger partial charge in [-0.1, -0.05) is 6.07 Å². The predicted octanol–water partition coefficient (Wildman–Crippen LogP) is 2.79. The smallest absolute Gasteiger partial charge is 0.137 e. The lowest BCUT2D eigenvalue weighted by Crippen LogP contribution is -2.38. The largest absolute Gasteiger partial charge is 0.383 e. The summed E-state index contributed by atoms with van der Waals surface area (Å²) in [4.78, 5) is 2.37. The SMILES string of the molecule is COCCN(Cc1ccc(F)c(Br)c1)CC1CCCN1. The van der Waals surface area contributed by atoms with Crippen molar-refractivity contribution in [1.29, 1.82) is 0 Å². The van der Waals surface area contributed by atoms with Gasteiger partial charge in [0.1, 0.15) is 5.82 Å². The Hall–Kier alpha value is -0.490. The minimum Gasteiger partial charge on any atom is -0.383 e. The summed E-state index contributed by atoms with van der Waals surface area (Å²) >= 11 is 3.25. The van der Waals surface area contributed by atoms with Gasteiger partial charge in [-0.05, 0) is 53.0 Å². The Balaban J connectivity index is 1.95.